The van der Waals surface area contributed by atoms with Crippen molar-refractivity contribution in [2.45, 2.75) is 26.3 Å². The number of hydrogen-bond acceptors (Lipinski definition) is 7. The van der Waals surface area contributed by atoms with Crippen molar-refractivity contribution in [3.05, 3.63) is 11.1 Å². The third-order valence-corrected chi connectivity index (χ3v) is 6.67. The molecule has 4 rings (SSSR count). The quantitative estimate of drug-likeness (QED) is 0.833. The van der Waals surface area contributed by atoms with Crippen molar-refractivity contribution >= 4 is 22.3 Å². The lowest BCUT2D eigenvalue weighted by molar-refractivity contribution is 0.110. The van der Waals surface area contributed by atoms with Crippen LogP contribution in [-0.4, -0.2) is 83.9 Å². The molecule has 0 unspecified atom stereocenters. The number of aromatic nitrogens is 3. The zero-order valence-electron chi connectivity index (χ0n) is 16.0. The van der Waals surface area contributed by atoms with Crippen molar-refractivity contribution < 1.29 is 0 Å². The topological polar surface area (TPSA) is 63.3 Å². The molecule has 0 aliphatic carbocycles. The average molecular weight is 376 g/mol. The molecule has 0 radical (unpaired) electrons. The minimum absolute atomic E-state index is 0.657. The van der Waals surface area contributed by atoms with E-state index in [-0.39, 0.29) is 0 Å². The molecule has 2 aromatic heterocycles. The van der Waals surface area contributed by atoms with Gasteiger partial charge in [0.1, 0.15) is 5.82 Å². The van der Waals surface area contributed by atoms with Gasteiger partial charge >= 0.3 is 0 Å². The monoisotopic (exact) mass is 375 g/mol. The summed E-state index contributed by atoms with van der Waals surface area (Å²) in [4.78, 5) is 13.7. The van der Waals surface area contributed by atoms with Crippen LogP contribution < -0.4 is 10.2 Å². The summed E-state index contributed by atoms with van der Waals surface area (Å²) >= 11 is 1.76. The molecule has 2 aliphatic heterocycles. The van der Waals surface area contributed by atoms with Crippen LogP contribution >= 0.6 is 11.3 Å². The summed E-state index contributed by atoms with van der Waals surface area (Å²) in [6.07, 6.45) is 2.96. The molecule has 26 heavy (non-hydrogen) atoms. The maximum atomic E-state index is 4.76. The van der Waals surface area contributed by atoms with Gasteiger partial charge in [-0.2, -0.15) is 5.10 Å². The molecule has 8 heteroatoms. The zero-order valence-corrected chi connectivity index (χ0v) is 16.8. The van der Waals surface area contributed by atoms with Crippen molar-refractivity contribution in [3.8, 4) is 11.3 Å². The van der Waals surface area contributed by atoms with Gasteiger partial charge in [0, 0.05) is 70.2 Å². The van der Waals surface area contributed by atoms with Crippen LogP contribution in [0.5, 0.6) is 0 Å². The van der Waals surface area contributed by atoms with Gasteiger partial charge in [-0.05, 0) is 13.8 Å². The van der Waals surface area contributed by atoms with Crippen LogP contribution in [0.25, 0.3) is 11.3 Å². The number of nitrogens with zero attached hydrogens (tertiary/aromatic N) is 5. The van der Waals surface area contributed by atoms with E-state index in [2.05, 4.69) is 44.1 Å². The Bertz CT molecular complexity index is 730. The second-order valence-electron chi connectivity index (χ2n) is 7.38. The SMILES string of the molecule is CNc1nc2c(s1)CCN(CCN1CCN(C(C)C)CC1)c1[nH]ncc1-2. The Morgan fingerprint density at radius 2 is 2.00 bits per heavy atom. The van der Waals surface area contributed by atoms with Gasteiger partial charge in [-0.3, -0.25) is 14.9 Å². The number of aromatic amines is 1. The van der Waals surface area contributed by atoms with Crippen LogP contribution in [-0.2, 0) is 6.42 Å². The first-order valence-corrected chi connectivity index (χ1v) is 10.4. The Morgan fingerprint density at radius 1 is 1.19 bits per heavy atom. The van der Waals surface area contributed by atoms with Crippen LogP contribution in [0.3, 0.4) is 0 Å². The third kappa shape index (κ3) is 3.45. The smallest absolute Gasteiger partial charge is 0.183 e. The molecule has 1 fully saturated rings. The molecular weight excluding hydrogens is 346 g/mol. The second kappa shape index (κ2) is 7.54. The molecule has 0 bridgehead atoms. The summed E-state index contributed by atoms with van der Waals surface area (Å²) in [6.45, 7) is 12.4. The van der Waals surface area contributed by atoms with Gasteiger partial charge < -0.3 is 10.2 Å². The molecule has 1 saturated heterocycles. The Labute approximate surface area is 159 Å². The minimum atomic E-state index is 0.657. The van der Waals surface area contributed by atoms with Gasteiger partial charge in [-0.15, -0.1) is 11.3 Å². The Kier molecular flexibility index (Phi) is 5.15. The number of nitrogens with one attached hydrogen (secondary N) is 2. The predicted octanol–water partition coefficient (Wildman–Crippen LogP) is 1.96. The van der Waals surface area contributed by atoms with E-state index in [0.29, 0.717) is 6.04 Å². The summed E-state index contributed by atoms with van der Waals surface area (Å²) < 4.78 is 0. The number of rotatable bonds is 5. The molecule has 0 saturated carbocycles. The van der Waals surface area contributed by atoms with Crippen molar-refractivity contribution in [2.75, 3.05) is 63.1 Å². The fourth-order valence-corrected chi connectivity index (χ4v) is 4.79. The maximum absolute atomic E-state index is 4.76. The summed E-state index contributed by atoms with van der Waals surface area (Å²) in [7, 11) is 1.93. The van der Waals surface area contributed by atoms with Crippen LogP contribution in [0.1, 0.15) is 18.7 Å². The van der Waals surface area contributed by atoms with E-state index in [1.807, 2.05) is 13.2 Å². The molecule has 142 valence electrons. The summed E-state index contributed by atoms with van der Waals surface area (Å²) in [5.74, 6) is 1.12. The van der Waals surface area contributed by atoms with E-state index in [0.717, 1.165) is 48.3 Å². The summed E-state index contributed by atoms with van der Waals surface area (Å²) in [6, 6.07) is 0.657. The van der Waals surface area contributed by atoms with E-state index >= 15 is 0 Å². The molecule has 2 aliphatic rings. The molecule has 0 amide bonds. The first-order valence-electron chi connectivity index (χ1n) is 9.58. The minimum Gasteiger partial charge on any atom is -0.365 e. The highest BCUT2D eigenvalue weighted by molar-refractivity contribution is 7.16. The van der Waals surface area contributed by atoms with Crippen LogP contribution in [0, 0.1) is 0 Å². The number of thiazole rings is 1. The number of anilines is 2. The van der Waals surface area contributed by atoms with E-state index in [1.54, 1.807) is 11.3 Å². The molecular formula is C18H29N7S. The van der Waals surface area contributed by atoms with Crippen LogP contribution in [0.15, 0.2) is 6.20 Å². The number of piperazine rings is 1. The van der Waals surface area contributed by atoms with E-state index < -0.39 is 0 Å². The molecule has 0 aromatic carbocycles. The lowest BCUT2D eigenvalue weighted by Crippen LogP contribution is -2.50. The third-order valence-electron chi connectivity index (χ3n) is 5.53. The molecule has 2 N–H and O–H groups in total. The maximum Gasteiger partial charge on any atom is 0.183 e. The van der Waals surface area contributed by atoms with Crippen molar-refractivity contribution in [3.63, 3.8) is 0 Å². The van der Waals surface area contributed by atoms with Gasteiger partial charge in [0.2, 0.25) is 0 Å². The molecule has 7 nitrogen and oxygen atoms in total. The first kappa shape index (κ1) is 17.8. The van der Waals surface area contributed by atoms with Gasteiger partial charge in [0.25, 0.3) is 0 Å². The normalized spacial score (nSPS) is 18.7. The summed E-state index contributed by atoms with van der Waals surface area (Å²) in [5, 5.41) is 11.7. The van der Waals surface area contributed by atoms with Gasteiger partial charge in [0.15, 0.2) is 5.13 Å². The van der Waals surface area contributed by atoms with Crippen molar-refractivity contribution in [1.82, 2.24) is 25.0 Å². The van der Waals surface area contributed by atoms with Crippen LogP contribution in [0.4, 0.5) is 10.9 Å². The Balaban J connectivity index is 1.42. The van der Waals surface area contributed by atoms with Gasteiger partial charge in [0.05, 0.1) is 17.5 Å². The van der Waals surface area contributed by atoms with Gasteiger partial charge in [-0.1, -0.05) is 0 Å². The second-order valence-corrected chi connectivity index (χ2v) is 8.47. The Hall–Kier alpha value is -1.64. The number of hydrogen-bond donors (Lipinski definition) is 2. The highest BCUT2D eigenvalue weighted by Gasteiger charge is 2.26. The van der Waals surface area contributed by atoms with Crippen molar-refractivity contribution in [1.29, 1.82) is 0 Å². The highest BCUT2D eigenvalue weighted by atomic mass is 32.1. The first-order chi connectivity index (χ1) is 12.7. The Morgan fingerprint density at radius 3 is 2.73 bits per heavy atom. The van der Waals surface area contributed by atoms with Gasteiger partial charge in [-0.25, -0.2) is 4.98 Å². The lowest BCUT2D eigenvalue weighted by Gasteiger charge is -2.37. The lowest BCUT2D eigenvalue weighted by atomic mass is 10.2. The zero-order chi connectivity index (χ0) is 18.1. The molecule has 4 heterocycles. The van der Waals surface area contributed by atoms with E-state index in [1.165, 1.54) is 31.1 Å². The van der Waals surface area contributed by atoms with E-state index in [9.17, 15) is 0 Å². The fraction of sp³-hybridized carbons (Fsp3) is 0.667. The average Bonchev–Trinajstić information content (AvgIpc) is 3.26. The fourth-order valence-electron chi connectivity index (χ4n) is 3.87. The standard InChI is InChI=1S/C18H29N7S/c1-13(2)24-9-6-23(7-10-24)8-11-25-5-4-15-16(21-18(19-3)26-15)14-12-20-22-17(14)25/h12-13H,4-11H2,1-3H3,(H,19,21)(H,20,22). The molecule has 2 aromatic rings. The summed E-state index contributed by atoms with van der Waals surface area (Å²) in [5.41, 5.74) is 2.23. The highest BCUT2D eigenvalue weighted by Crippen LogP contribution is 2.38. The van der Waals surface area contributed by atoms with Crippen molar-refractivity contribution in [2.24, 2.45) is 0 Å². The predicted molar refractivity (Wildman–Crippen MR) is 108 cm³/mol. The molecule has 0 atom stereocenters. The largest absolute Gasteiger partial charge is 0.365 e. The van der Waals surface area contributed by atoms with E-state index in [4.69, 9.17) is 4.98 Å². The van der Waals surface area contributed by atoms with Crippen LogP contribution in [0.2, 0.25) is 0 Å². The number of fused-ring (bicyclic) bond motifs is 3. The molecule has 0 spiro atoms. The number of H-pyrrole nitrogens is 1.